The molecule has 0 bridgehead atoms. The number of hydrogen-bond donors (Lipinski definition) is 0. The van der Waals surface area contributed by atoms with Crippen molar-refractivity contribution in [2.45, 2.75) is 9.79 Å². The Morgan fingerprint density at radius 1 is 1.17 bits per heavy atom. The molecule has 0 saturated heterocycles. The Morgan fingerprint density at radius 3 is 2.33 bits per heavy atom. The summed E-state index contributed by atoms with van der Waals surface area (Å²) in [6.45, 7) is 3.75. The van der Waals surface area contributed by atoms with Crippen LogP contribution < -0.4 is 0 Å². The van der Waals surface area contributed by atoms with Crippen LogP contribution in [0.5, 0.6) is 0 Å². The van der Waals surface area contributed by atoms with Crippen LogP contribution in [-0.2, 0) is 0 Å². The fraction of sp³-hybridized carbons (Fsp3) is 0.200. The fourth-order valence-electron chi connectivity index (χ4n) is 0.980. The van der Waals surface area contributed by atoms with Gasteiger partial charge in [0.2, 0.25) is 0 Å². The van der Waals surface area contributed by atoms with Gasteiger partial charge < -0.3 is 0 Å². The number of thioether (sulfide) groups is 2. The third kappa shape index (κ3) is 2.08. The second-order valence-electron chi connectivity index (χ2n) is 2.32. The Hall–Kier alpha value is -0.340. The van der Waals surface area contributed by atoms with E-state index in [9.17, 15) is 0 Å². The second-order valence-corrected chi connectivity index (χ2v) is 4.01. The van der Waals surface area contributed by atoms with E-state index in [1.54, 1.807) is 23.5 Å². The molecule has 0 heterocycles. The van der Waals surface area contributed by atoms with Gasteiger partial charge in [0.1, 0.15) is 0 Å². The van der Waals surface area contributed by atoms with Gasteiger partial charge in [-0.3, -0.25) is 0 Å². The highest BCUT2D eigenvalue weighted by Gasteiger charge is 1.99. The van der Waals surface area contributed by atoms with Crippen LogP contribution in [0.3, 0.4) is 0 Å². The zero-order chi connectivity index (χ0) is 8.97. The minimum Gasteiger partial charge on any atom is -0.128 e. The van der Waals surface area contributed by atoms with Gasteiger partial charge >= 0.3 is 0 Å². The van der Waals surface area contributed by atoms with E-state index in [-0.39, 0.29) is 0 Å². The van der Waals surface area contributed by atoms with Crippen LogP contribution in [0, 0.1) is 0 Å². The molecule has 0 saturated carbocycles. The van der Waals surface area contributed by atoms with E-state index >= 15 is 0 Å². The van der Waals surface area contributed by atoms with Crippen molar-refractivity contribution < 1.29 is 0 Å². The van der Waals surface area contributed by atoms with Crippen molar-refractivity contribution in [3.63, 3.8) is 0 Å². The van der Waals surface area contributed by atoms with E-state index in [1.165, 1.54) is 15.4 Å². The number of hydrogen-bond acceptors (Lipinski definition) is 2. The molecule has 0 atom stereocenters. The topological polar surface area (TPSA) is 0 Å². The zero-order valence-electron chi connectivity index (χ0n) is 7.33. The molecule has 0 aliphatic carbocycles. The average molecular weight is 196 g/mol. The third-order valence-corrected chi connectivity index (χ3v) is 3.35. The van der Waals surface area contributed by atoms with E-state index < -0.39 is 0 Å². The smallest absolute Gasteiger partial charge is 0.0211 e. The van der Waals surface area contributed by atoms with Crippen LogP contribution in [0.25, 0.3) is 6.08 Å². The highest BCUT2D eigenvalue weighted by Crippen LogP contribution is 2.28. The van der Waals surface area contributed by atoms with Crippen molar-refractivity contribution in [3.05, 3.63) is 30.3 Å². The van der Waals surface area contributed by atoms with Crippen molar-refractivity contribution in [2.24, 2.45) is 0 Å². The molecular weight excluding hydrogens is 184 g/mol. The van der Waals surface area contributed by atoms with Gasteiger partial charge in [-0.2, -0.15) is 0 Å². The maximum atomic E-state index is 3.75. The quantitative estimate of drug-likeness (QED) is 0.675. The molecule has 0 radical (unpaired) electrons. The Labute approximate surface area is 82.4 Å². The molecule has 2 heteroatoms. The summed E-state index contributed by atoms with van der Waals surface area (Å²) in [5.41, 5.74) is 1.19. The standard InChI is InChI=1S/C10H12S2/c1-4-8-5-6-9(11-2)10(7-8)12-3/h4-7H,1H2,2-3H3. The van der Waals surface area contributed by atoms with Crippen LogP contribution in [-0.4, -0.2) is 12.5 Å². The summed E-state index contributed by atoms with van der Waals surface area (Å²) in [5.74, 6) is 0. The first-order valence-corrected chi connectivity index (χ1v) is 6.11. The average Bonchev–Trinajstić information content (AvgIpc) is 2.16. The fourth-order valence-corrected chi connectivity index (χ4v) is 2.47. The highest BCUT2D eigenvalue weighted by atomic mass is 32.2. The van der Waals surface area contributed by atoms with Crippen LogP contribution in [0.15, 0.2) is 34.6 Å². The highest BCUT2D eigenvalue weighted by molar-refractivity contribution is 8.01. The zero-order valence-corrected chi connectivity index (χ0v) is 8.97. The molecule has 0 fully saturated rings. The maximum absolute atomic E-state index is 3.75. The first-order chi connectivity index (χ1) is 5.81. The van der Waals surface area contributed by atoms with Gasteiger partial charge in [-0.15, -0.1) is 23.5 Å². The summed E-state index contributed by atoms with van der Waals surface area (Å²) in [6.07, 6.45) is 6.08. The lowest BCUT2D eigenvalue weighted by atomic mass is 10.2. The molecule has 0 spiro atoms. The van der Waals surface area contributed by atoms with E-state index in [1.807, 2.05) is 6.08 Å². The summed E-state index contributed by atoms with van der Waals surface area (Å²) in [5, 5.41) is 0. The maximum Gasteiger partial charge on any atom is 0.0211 e. The normalized spacial score (nSPS) is 9.83. The van der Waals surface area contributed by atoms with E-state index in [0.717, 1.165) is 0 Å². The van der Waals surface area contributed by atoms with Crippen molar-refractivity contribution in [3.8, 4) is 0 Å². The number of rotatable bonds is 3. The van der Waals surface area contributed by atoms with Gasteiger partial charge in [-0.05, 0) is 30.2 Å². The van der Waals surface area contributed by atoms with Crippen LogP contribution in [0.4, 0.5) is 0 Å². The van der Waals surface area contributed by atoms with E-state index in [2.05, 4.69) is 37.3 Å². The summed E-state index contributed by atoms with van der Waals surface area (Å²) >= 11 is 3.56. The van der Waals surface area contributed by atoms with Gasteiger partial charge in [0.25, 0.3) is 0 Å². The molecule has 0 aliphatic rings. The van der Waals surface area contributed by atoms with Crippen LogP contribution >= 0.6 is 23.5 Å². The Bertz CT molecular complexity index is 279. The summed E-state index contributed by atoms with van der Waals surface area (Å²) in [6, 6.07) is 6.41. The first kappa shape index (κ1) is 9.75. The molecule has 1 aromatic rings. The van der Waals surface area contributed by atoms with Crippen LogP contribution in [0.1, 0.15) is 5.56 Å². The molecule has 1 rings (SSSR count). The molecule has 0 nitrogen and oxygen atoms in total. The SMILES string of the molecule is C=Cc1ccc(SC)c(SC)c1. The summed E-state index contributed by atoms with van der Waals surface area (Å²) in [4.78, 5) is 2.67. The third-order valence-electron chi connectivity index (χ3n) is 1.64. The minimum atomic E-state index is 1.19. The van der Waals surface area contributed by atoms with Gasteiger partial charge in [0, 0.05) is 9.79 Å². The summed E-state index contributed by atoms with van der Waals surface area (Å²) in [7, 11) is 0. The first-order valence-electron chi connectivity index (χ1n) is 3.66. The van der Waals surface area contributed by atoms with Crippen molar-refractivity contribution in [1.82, 2.24) is 0 Å². The molecule has 0 unspecified atom stereocenters. The molecular formula is C10H12S2. The Morgan fingerprint density at radius 2 is 1.83 bits per heavy atom. The van der Waals surface area contributed by atoms with Crippen molar-refractivity contribution >= 4 is 29.6 Å². The Kier molecular flexibility index (Phi) is 3.76. The lowest BCUT2D eigenvalue weighted by Crippen LogP contribution is -1.78. The predicted molar refractivity (Wildman–Crippen MR) is 60.1 cm³/mol. The lowest BCUT2D eigenvalue weighted by molar-refractivity contribution is 1.25. The molecule has 64 valence electrons. The molecule has 0 N–H and O–H groups in total. The van der Waals surface area contributed by atoms with Gasteiger partial charge in [-0.25, -0.2) is 0 Å². The van der Waals surface area contributed by atoms with Gasteiger partial charge in [0.15, 0.2) is 0 Å². The molecule has 0 amide bonds. The predicted octanol–water partition coefficient (Wildman–Crippen LogP) is 3.77. The summed E-state index contributed by atoms with van der Waals surface area (Å²) < 4.78 is 0. The Balaban J connectivity index is 3.10. The van der Waals surface area contributed by atoms with Crippen LogP contribution in [0.2, 0.25) is 0 Å². The minimum absolute atomic E-state index is 1.19. The number of benzene rings is 1. The van der Waals surface area contributed by atoms with Gasteiger partial charge in [0.05, 0.1) is 0 Å². The van der Waals surface area contributed by atoms with E-state index in [4.69, 9.17) is 0 Å². The van der Waals surface area contributed by atoms with Crippen molar-refractivity contribution in [2.75, 3.05) is 12.5 Å². The molecule has 0 aromatic heterocycles. The van der Waals surface area contributed by atoms with E-state index in [0.29, 0.717) is 0 Å². The van der Waals surface area contributed by atoms with Gasteiger partial charge in [-0.1, -0.05) is 18.7 Å². The molecule has 12 heavy (non-hydrogen) atoms. The second kappa shape index (κ2) is 4.63. The lowest BCUT2D eigenvalue weighted by Gasteiger charge is -2.04. The monoisotopic (exact) mass is 196 g/mol. The largest absolute Gasteiger partial charge is 0.128 e. The molecule has 1 aromatic carbocycles. The van der Waals surface area contributed by atoms with Crippen molar-refractivity contribution in [1.29, 1.82) is 0 Å². The molecule has 0 aliphatic heterocycles.